The summed E-state index contributed by atoms with van der Waals surface area (Å²) in [5.41, 5.74) is 1.83. The lowest BCUT2D eigenvalue weighted by molar-refractivity contribution is -0.121. The van der Waals surface area contributed by atoms with E-state index in [9.17, 15) is 4.79 Å². The smallest absolute Gasteiger partial charge is 0.227 e. The minimum absolute atomic E-state index is 0.0699. The molecule has 0 atom stereocenters. The van der Waals surface area contributed by atoms with Crippen LogP contribution in [0.2, 0.25) is 0 Å². The van der Waals surface area contributed by atoms with E-state index in [0.29, 0.717) is 24.7 Å². The summed E-state index contributed by atoms with van der Waals surface area (Å²) in [6.45, 7) is 0.467. The first-order valence-electron chi connectivity index (χ1n) is 7.87. The fraction of sp³-hybridized carbons (Fsp3) is 0.222. The molecule has 128 valence electrons. The molecule has 7 heteroatoms. The summed E-state index contributed by atoms with van der Waals surface area (Å²) in [5, 5.41) is 6.78. The molecule has 3 rings (SSSR count). The van der Waals surface area contributed by atoms with Crippen molar-refractivity contribution in [2.24, 2.45) is 0 Å². The number of aromatic nitrogens is 3. The first kappa shape index (κ1) is 16.6. The number of amides is 1. The number of rotatable bonds is 7. The number of aryl methyl sites for hydroxylation is 1. The van der Waals surface area contributed by atoms with E-state index in [1.54, 1.807) is 31.6 Å². The Morgan fingerprint density at radius 1 is 1.16 bits per heavy atom. The van der Waals surface area contributed by atoms with Crippen LogP contribution >= 0.6 is 0 Å². The second-order valence-corrected chi connectivity index (χ2v) is 5.37. The lowest BCUT2D eigenvalue weighted by Crippen LogP contribution is -2.23. The fourth-order valence-electron chi connectivity index (χ4n) is 2.23. The van der Waals surface area contributed by atoms with Gasteiger partial charge in [-0.25, -0.2) is 0 Å². The molecule has 0 aliphatic carbocycles. The maximum Gasteiger partial charge on any atom is 0.227 e. The van der Waals surface area contributed by atoms with Crippen molar-refractivity contribution in [3.05, 3.63) is 60.2 Å². The Bertz CT molecular complexity index is 816. The molecule has 0 bridgehead atoms. The zero-order valence-electron chi connectivity index (χ0n) is 13.8. The SMILES string of the molecule is COc1ccc(CNC(=O)CCc2nc(-c3ccncc3)no2)cc1. The number of carbonyl (C=O) groups is 1. The highest BCUT2D eigenvalue weighted by atomic mass is 16.5. The van der Waals surface area contributed by atoms with Crippen LogP contribution in [0.25, 0.3) is 11.4 Å². The molecular weight excluding hydrogens is 320 g/mol. The number of nitrogens with zero attached hydrogens (tertiary/aromatic N) is 3. The van der Waals surface area contributed by atoms with Crippen molar-refractivity contribution in [2.75, 3.05) is 7.11 Å². The van der Waals surface area contributed by atoms with Gasteiger partial charge in [-0.05, 0) is 29.8 Å². The fourth-order valence-corrected chi connectivity index (χ4v) is 2.23. The first-order chi connectivity index (χ1) is 12.2. The van der Waals surface area contributed by atoms with Gasteiger partial charge in [0.25, 0.3) is 0 Å². The molecule has 0 radical (unpaired) electrons. The maximum absolute atomic E-state index is 12.0. The average Bonchev–Trinajstić information content (AvgIpc) is 3.15. The van der Waals surface area contributed by atoms with Gasteiger partial charge in [0.05, 0.1) is 7.11 Å². The van der Waals surface area contributed by atoms with Gasteiger partial charge in [0.15, 0.2) is 0 Å². The van der Waals surface area contributed by atoms with E-state index in [-0.39, 0.29) is 12.3 Å². The van der Waals surface area contributed by atoms with Crippen molar-refractivity contribution in [2.45, 2.75) is 19.4 Å². The predicted octanol–water partition coefficient (Wildman–Crippen LogP) is 2.39. The van der Waals surface area contributed by atoms with Gasteiger partial charge in [-0.2, -0.15) is 4.98 Å². The van der Waals surface area contributed by atoms with E-state index < -0.39 is 0 Å². The highest BCUT2D eigenvalue weighted by Gasteiger charge is 2.10. The molecule has 0 aliphatic rings. The van der Waals surface area contributed by atoms with Crippen LogP contribution in [0.1, 0.15) is 17.9 Å². The minimum atomic E-state index is -0.0699. The van der Waals surface area contributed by atoms with Crippen molar-refractivity contribution >= 4 is 5.91 Å². The van der Waals surface area contributed by atoms with Crippen molar-refractivity contribution in [1.29, 1.82) is 0 Å². The van der Waals surface area contributed by atoms with Crippen LogP contribution in [-0.2, 0) is 17.8 Å². The molecule has 2 aromatic heterocycles. The van der Waals surface area contributed by atoms with Crippen molar-refractivity contribution < 1.29 is 14.1 Å². The summed E-state index contributed by atoms with van der Waals surface area (Å²) in [6, 6.07) is 11.2. The largest absolute Gasteiger partial charge is 0.497 e. The zero-order chi connectivity index (χ0) is 17.5. The van der Waals surface area contributed by atoms with E-state index in [2.05, 4.69) is 20.4 Å². The molecule has 0 fully saturated rings. The highest BCUT2D eigenvalue weighted by molar-refractivity contribution is 5.76. The molecule has 7 nitrogen and oxygen atoms in total. The van der Waals surface area contributed by atoms with Crippen LogP contribution in [0.15, 0.2) is 53.3 Å². The molecule has 3 aromatic rings. The van der Waals surface area contributed by atoms with E-state index in [0.717, 1.165) is 16.9 Å². The highest BCUT2D eigenvalue weighted by Crippen LogP contribution is 2.15. The molecule has 0 spiro atoms. The van der Waals surface area contributed by atoms with E-state index >= 15 is 0 Å². The third-order valence-corrected chi connectivity index (χ3v) is 3.62. The van der Waals surface area contributed by atoms with Crippen LogP contribution in [0, 0.1) is 0 Å². The summed E-state index contributed by atoms with van der Waals surface area (Å²) in [5.74, 6) is 1.65. The van der Waals surface area contributed by atoms with E-state index in [1.807, 2.05) is 24.3 Å². The number of nitrogens with one attached hydrogen (secondary N) is 1. The summed E-state index contributed by atoms with van der Waals surface area (Å²) >= 11 is 0. The number of hydrogen-bond donors (Lipinski definition) is 1. The third kappa shape index (κ3) is 4.63. The first-order valence-corrected chi connectivity index (χ1v) is 7.87. The van der Waals surface area contributed by atoms with Crippen LogP contribution in [0.3, 0.4) is 0 Å². The van der Waals surface area contributed by atoms with Gasteiger partial charge in [-0.3, -0.25) is 9.78 Å². The summed E-state index contributed by atoms with van der Waals surface area (Å²) < 4.78 is 10.3. The van der Waals surface area contributed by atoms with Gasteiger partial charge in [-0.1, -0.05) is 17.3 Å². The van der Waals surface area contributed by atoms with Gasteiger partial charge in [0, 0.05) is 37.3 Å². The lowest BCUT2D eigenvalue weighted by atomic mass is 10.2. The van der Waals surface area contributed by atoms with Crippen molar-refractivity contribution in [1.82, 2.24) is 20.4 Å². The van der Waals surface area contributed by atoms with Gasteiger partial charge in [0.2, 0.25) is 17.6 Å². The molecule has 0 unspecified atom stereocenters. The Kier molecular flexibility index (Phi) is 5.36. The minimum Gasteiger partial charge on any atom is -0.497 e. The van der Waals surface area contributed by atoms with Crippen molar-refractivity contribution in [3.63, 3.8) is 0 Å². The molecule has 1 aromatic carbocycles. The number of ether oxygens (including phenoxy) is 1. The third-order valence-electron chi connectivity index (χ3n) is 3.62. The molecule has 1 amide bonds. The maximum atomic E-state index is 12.0. The summed E-state index contributed by atoms with van der Waals surface area (Å²) in [6.07, 6.45) is 4.01. The number of hydrogen-bond acceptors (Lipinski definition) is 6. The number of pyridine rings is 1. The van der Waals surface area contributed by atoms with Gasteiger partial charge < -0.3 is 14.6 Å². The quantitative estimate of drug-likeness (QED) is 0.711. The van der Waals surface area contributed by atoms with Gasteiger partial charge in [-0.15, -0.1) is 0 Å². The Morgan fingerprint density at radius 2 is 1.92 bits per heavy atom. The van der Waals surface area contributed by atoms with E-state index in [1.165, 1.54) is 0 Å². The second kappa shape index (κ2) is 8.05. The topological polar surface area (TPSA) is 90.1 Å². The molecule has 0 saturated heterocycles. The summed E-state index contributed by atoms with van der Waals surface area (Å²) in [4.78, 5) is 20.2. The van der Waals surface area contributed by atoms with Crippen LogP contribution in [-0.4, -0.2) is 28.1 Å². The summed E-state index contributed by atoms with van der Waals surface area (Å²) in [7, 11) is 1.62. The van der Waals surface area contributed by atoms with Crippen LogP contribution in [0.5, 0.6) is 5.75 Å². The van der Waals surface area contributed by atoms with Gasteiger partial charge >= 0.3 is 0 Å². The number of benzene rings is 1. The number of carbonyl (C=O) groups excluding carboxylic acids is 1. The molecule has 0 aliphatic heterocycles. The van der Waals surface area contributed by atoms with Crippen LogP contribution < -0.4 is 10.1 Å². The second-order valence-electron chi connectivity index (χ2n) is 5.37. The monoisotopic (exact) mass is 338 g/mol. The molecular formula is C18H18N4O3. The zero-order valence-corrected chi connectivity index (χ0v) is 13.8. The average molecular weight is 338 g/mol. The molecule has 1 N–H and O–H groups in total. The standard InChI is InChI=1S/C18H18N4O3/c1-24-15-4-2-13(3-5-15)12-20-16(23)6-7-17-21-18(22-25-17)14-8-10-19-11-9-14/h2-5,8-11H,6-7,12H2,1H3,(H,20,23). The normalized spacial score (nSPS) is 10.4. The Balaban J connectivity index is 1.46. The Labute approximate surface area is 145 Å². The van der Waals surface area contributed by atoms with E-state index in [4.69, 9.17) is 9.26 Å². The molecule has 0 saturated carbocycles. The lowest BCUT2D eigenvalue weighted by Gasteiger charge is -2.05. The Morgan fingerprint density at radius 3 is 2.64 bits per heavy atom. The number of methoxy groups -OCH3 is 1. The predicted molar refractivity (Wildman–Crippen MR) is 90.7 cm³/mol. The molecule has 2 heterocycles. The van der Waals surface area contributed by atoms with Crippen molar-refractivity contribution in [3.8, 4) is 17.1 Å². The van der Waals surface area contributed by atoms with Gasteiger partial charge in [0.1, 0.15) is 5.75 Å². The van der Waals surface area contributed by atoms with Crippen LogP contribution in [0.4, 0.5) is 0 Å². The Hall–Kier alpha value is -3.22. The molecule has 25 heavy (non-hydrogen) atoms.